The molecule has 1 aromatic carbocycles. The van der Waals surface area contributed by atoms with E-state index in [9.17, 15) is 0 Å². The minimum atomic E-state index is -0.372. The monoisotopic (exact) mass is 523 g/mol. The van der Waals surface area contributed by atoms with Crippen LogP contribution >= 0.6 is 23.2 Å². The number of anilines is 1. The van der Waals surface area contributed by atoms with Gasteiger partial charge in [0.2, 0.25) is 0 Å². The molecule has 1 fully saturated rings. The number of allylic oxidation sites excluding steroid dienone is 1. The first-order valence-corrected chi connectivity index (χ1v) is 12.4. The highest BCUT2D eigenvalue weighted by molar-refractivity contribution is 6.35. The molecule has 36 heavy (non-hydrogen) atoms. The van der Waals surface area contributed by atoms with Crippen LogP contribution in [0.2, 0.25) is 10.0 Å². The second-order valence-corrected chi connectivity index (χ2v) is 10.4. The van der Waals surface area contributed by atoms with E-state index in [-0.39, 0.29) is 11.6 Å². The van der Waals surface area contributed by atoms with Crippen LogP contribution in [0, 0.1) is 0 Å². The Morgan fingerprint density at radius 1 is 1.17 bits per heavy atom. The highest BCUT2D eigenvalue weighted by atomic mass is 35.5. The number of nitrogens with one attached hydrogen (secondary N) is 1. The Bertz CT molecular complexity index is 1400. The van der Waals surface area contributed by atoms with E-state index in [0.29, 0.717) is 32.7 Å². The first-order valence-electron chi connectivity index (χ1n) is 11.7. The number of nitrogens with zero attached hydrogens (tertiary/aromatic N) is 5. The number of nitrogens with two attached hydrogens (primary N) is 1. The van der Waals surface area contributed by atoms with E-state index in [4.69, 9.17) is 33.7 Å². The van der Waals surface area contributed by atoms with Gasteiger partial charge in [-0.05, 0) is 57.5 Å². The van der Waals surface area contributed by atoms with Crippen LogP contribution in [0.25, 0.3) is 22.3 Å². The van der Waals surface area contributed by atoms with Crippen LogP contribution in [0.5, 0.6) is 5.75 Å². The van der Waals surface area contributed by atoms with E-state index in [1.165, 1.54) is 5.57 Å². The number of ether oxygens (including phenoxy) is 1. The van der Waals surface area contributed by atoms with Gasteiger partial charge in [-0.3, -0.25) is 10.1 Å². The van der Waals surface area contributed by atoms with Gasteiger partial charge >= 0.3 is 0 Å². The van der Waals surface area contributed by atoms with Gasteiger partial charge in [-0.25, -0.2) is 0 Å². The number of aromatic amines is 1. The van der Waals surface area contributed by atoms with E-state index in [0.717, 1.165) is 36.2 Å². The van der Waals surface area contributed by atoms with Gasteiger partial charge in [0.05, 0.1) is 21.1 Å². The molecular formula is C26H27Cl2N7O. The van der Waals surface area contributed by atoms with Crippen molar-refractivity contribution in [2.75, 3.05) is 18.0 Å². The lowest BCUT2D eigenvalue weighted by atomic mass is 9.87. The lowest BCUT2D eigenvalue weighted by Gasteiger charge is -2.48. The smallest absolute Gasteiger partial charge is 0.151 e. The highest BCUT2D eigenvalue weighted by Gasteiger charge is 2.39. The quantitative estimate of drug-likeness (QED) is 0.297. The molecule has 0 spiro atoms. The van der Waals surface area contributed by atoms with Gasteiger partial charge in [-0.1, -0.05) is 34.9 Å². The summed E-state index contributed by atoms with van der Waals surface area (Å²) < 4.78 is 6.16. The van der Waals surface area contributed by atoms with Gasteiger partial charge in [0.25, 0.3) is 0 Å². The van der Waals surface area contributed by atoms with Gasteiger partial charge in [0.1, 0.15) is 23.2 Å². The zero-order chi connectivity index (χ0) is 25.4. The Hall–Kier alpha value is -3.20. The molecule has 1 aliphatic rings. The molecule has 0 aliphatic carbocycles. The van der Waals surface area contributed by atoms with Crippen LogP contribution in [0.15, 0.2) is 54.4 Å². The first-order chi connectivity index (χ1) is 17.2. The number of hydrogen-bond donors (Lipinski definition) is 2. The summed E-state index contributed by atoms with van der Waals surface area (Å²) in [5, 5.41) is 18.2. The molecule has 186 valence electrons. The molecule has 1 aliphatic heterocycles. The molecule has 4 aromatic rings. The summed E-state index contributed by atoms with van der Waals surface area (Å²) in [5.74, 6) is 1.46. The maximum atomic E-state index is 6.47. The largest absolute Gasteiger partial charge is 0.486 e. The van der Waals surface area contributed by atoms with Crippen molar-refractivity contribution in [2.24, 2.45) is 5.73 Å². The van der Waals surface area contributed by atoms with Gasteiger partial charge in [-0.2, -0.15) is 5.10 Å². The Morgan fingerprint density at radius 3 is 2.58 bits per heavy atom. The van der Waals surface area contributed by atoms with Crippen LogP contribution < -0.4 is 15.4 Å². The van der Waals surface area contributed by atoms with Crippen molar-refractivity contribution in [1.29, 1.82) is 0 Å². The third-order valence-corrected chi connectivity index (χ3v) is 6.89. The van der Waals surface area contributed by atoms with Gasteiger partial charge < -0.3 is 15.4 Å². The third-order valence-electron chi connectivity index (χ3n) is 6.29. The van der Waals surface area contributed by atoms with Crippen molar-refractivity contribution in [3.05, 3.63) is 70.0 Å². The summed E-state index contributed by atoms with van der Waals surface area (Å²) in [4.78, 5) is 6.14. The van der Waals surface area contributed by atoms with E-state index in [1.54, 1.807) is 12.4 Å². The molecule has 0 saturated carbocycles. The van der Waals surface area contributed by atoms with Crippen molar-refractivity contribution in [3.63, 3.8) is 0 Å². The molecule has 3 N–H and O–H groups in total. The zero-order valence-corrected chi connectivity index (χ0v) is 21.8. The predicted molar refractivity (Wildman–Crippen MR) is 144 cm³/mol. The number of benzene rings is 1. The minimum Gasteiger partial charge on any atom is -0.486 e. The number of hydrogen-bond acceptors (Lipinski definition) is 7. The summed E-state index contributed by atoms with van der Waals surface area (Å²) in [6.07, 6.45) is 5.79. The number of H-pyrrole nitrogens is 1. The Labute approximate surface area is 219 Å². The maximum Gasteiger partial charge on any atom is 0.151 e. The summed E-state index contributed by atoms with van der Waals surface area (Å²) in [6, 6.07) is 9.59. The Kier molecular flexibility index (Phi) is 6.59. The van der Waals surface area contributed by atoms with Crippen LogP contribution in [0.3, 0.4) is 0 Å². The number of halogens is 2. The van der Waals surface area contributed by atoms with Crippen LogP contribution in [-0.4, -0.2) is 44.0 Å². The molecule has 4 heterocycles. The number of rotatable bonds is 7. The van der Waals surface area contributed by atoms with E-state index < -0.39 is 0 Å². The van der Waals surface area contributed by atoms with E-state index in [2.05, 4.69) is 50.2 Å². The molecule has 0 bridgehead atoms. The standard InChI is InChI=1S/C26H27Cl2N7O/c1-15(2)8-9-26(29)13-35(14-26)23-7-6-22(32-33-23)25-18-10-17(4-5-21(18)31-34-25)36-16(3)24-19(27)11-30-12-20(24)28/h4-8,10-12,16H,9,13-14,29H2,1-3H3,(H,31,34)/t16-/m1/s1. The molecule has 1 atom stereocenters. The average Bonchev–Trinajstić information content (AvgIpc) is 3.24. The van der Waals surface area contributed by atoms with Crippen LogP contribution in [0.4, 0.5) is 5.82 Å². The SMILES string of the molecule is CC(C)=CCC1(N)CN(c2ccc(-c3n[nH]c4ccc(O[C@H](C)c5c(Cl)cncc5Cl)cc34)nn2)C1. The molecule has 3 aromatic heterocycles. The molecule has 0 unspecified atom stereocenters. The molecule has 0 radical (unpaired) electrons. The number of fused-ring (bicyclic) bond motifs is 1. The summed E-state index contributed by atoms with van der Waals surface area (Å²) in [5.41, 5.74) is 10.5. The fourth-order valence-corrected chi connectivity index (χ4v) is 5.04. The van der Waals surface area contributed by atoms with Crippen molar-refractivity contribution in [3.8, 4) is 17.1 Å². The molecule has 10 heteroatoms. The lowest BCUT2D eigenvalue weighted by Crippen LogP contribution is -2.67. The summed E-state index contributed by atoms with van der Waals surface area (Å²) in [7, 11) is 0. The third kappa shape index (κ3) is 4.89. The zero-order valence-electron chi connectivity index (χ0n) is 20.3. The molecule has 0 amide bonds. The molecular weight excluding hydrogens is 497 g/mol. The molecule has 1 saturated heterocycles. The number of pyridine rings is 1. The summed E-state index contributed by atoms with van der Waals surface area (Å²) in [6.45, 7) is 7.57. The van der Waals surface area contributed by atoms with Crippen LogP contribution in [-0.2, 0) is 0 Å². The lowest BCUT2D eigenvalue weighted by molar-refractivity contribution is 0.227. The van der Waals surface area contributed by atoms with Gasteiger partial charge in [-0.15, -0.1) is 10.2 Å². The number of aromatic nitrogens is 5. The first kappa shape index (κ1) is 24.5. The molecule has 8 nitrogen and oxygen atoms in total. The fourth-order valence-electron chi connectivity index (χ4n) is 4.37. The van der Waals surface area contributed by atoms with Crippen molar-refractivity contribution in [1.82, 2.24) is 25.4 Å². The van der Waals surface area contributed by atoms with E-state index in [1.807, 2.05) is 37.3 Å². The topological polar surface area (TPSA) is 106 Å². The average molecular weight is 524 g/mol. The maximum absolute atomic E-state index is 6.47. The van der Waals surface area contributed by atoms with Crippen molar-refractivity contribution < 1.29 is 4.74 Å². The summed E-state index contributed by atoms with van der Waals surface area (Å²) >= 11 is 12.6. The van der Waals surface area contributed by atoms with E-state index >= 15 is 0 Å². The molecule has 5 rings (SSSR count). The second-order valence-electron chi connectivity index (χ2n) is 9.54. The fraction of sp³-hybridized carbons (Fsp3) is 0.308. The normalized spacial score (nSPS) is 15.4. The predicted octanol–water partition coefficient (Wildman–Crippen LogP) is 5.74. The van der Waals surface area contributed by atoms with Crippen molar-refractivity contribution >= 4 is 39.9 Å². The Morgan fingerprint density at radius 2 is 1.92 bits per heavy atom. The second kappa shape index (κ2) is 9.69. The van der Waals surface area contributed by atoms with Crippen LogP contribution in [0.1, 0.15) is 38.9 Å². The van der Waals surface area contributed by atoms with Gasteiger partial charge in [0.15, 0.2) is 5.82 Å². The van der Waals surface area contributed by atoms with Crippen molar-refractivity contribution in [2.45, 2.75) is 38.8 Å². The highest BCUT2D eigenvalue weighted by Crippen LogP contribution is 2.35. The van der Waals surface area contributed by atoms with Gasteiger partial charge in [0, 0.05) is 36.4 Å². The minimum absolute atomic E-state index is 0.214. The Balaban J connectivity index is 1.33.